The topological polar surface area (TPSA) is 58.2 Å². The van der Waals surface area contributed by atoms with Gasteiger partial charge < -0.3 is 10.6 Å². The Kier molecular flexibility index (Phi) is 5.13. The van der Waals surface area contributed by atoms with Crippen molar-refractivity contribution in [3.63, 3.8) is 0 Å². The number of hydrogen-bond acceptors (Lipinski definition) is 2. The summed E-state index contributed by atoms with van der Waals surface area (Å²) in [7, 11) is 0. The summed E-state index contributed by atoms with van der Waals surface area (Å²) >= 11 is 0. The number of carbonyl (C=O) groups excluding carboxylic acids is 2. The molecule has 0 spiro atoms. The van der Waals surface area contributed by atoms with Crippen LogP contribution in [0, 0.1) is 13.8 Å². The third-order valence-corrected chi connectivity index (χ3v) is 4.16. The summed E-state index contributed by atoms with van der Waals surface area (Å²) in [5, 5.41) is 5.66. The molecule has 130 valence electrons. The molecular weight excluding hydrogens is 324 g/mol. The fourth-order valence-corrected chi connectivity index (χ4v) is 2.75. The number of ketones is 1. The van der Waals surface area contributed by atoms with Gasteiger partial charge in [0.15, 0.2) is 5.78 Å². The maximum Gasteiger partial charge on any atom is 0.323 e. The summed E-state index contributed by atoms with van der Waals surface area (Å²) < 4.78 is 0. The van der Waals surface area contributed by atoms with Crippen LogP contribution in [0.15, 0.2) is 72.8 Å². The molecule has 4 nitrogen and oxygen atoms in total. The van der Waals surface area contributed by atoms with Crippen LogP contribution in [0.4, 0.5) is 16.2 Å². The van der Waals surface area contributed by atoms with Gasteiger partial charge in [-0.1, -0.05) is 48.5 Å². The first-order valence-electron chi connectivity index (χ1n) is 8.38. The van der Waals surface area contributed by atoms with E-state index in [0.29, 0.717) is 16.8 Å². The van der Waals surface area contributed by atoms with Gasteiger partial charge in [-0.05, 0) is 49.2 Å². The Bertz CT molecular complexity index is 912. The number of para-hydroxylation sites is 1. The second kappa shape index (κ2) is 7.66. The van der Waals surface area contributed by atoms with Gasteiger partial charge in [0.05, 0.1) is 0 Å². The van der Waals surface area contributed by atoms with E-state index in [2.05, 4.69) is 10.6 Å². The standard InChI is InChI=1S/C22H20N2O2/c1-15-7-6-8-16(2)20(15)24-22(26)23-19-13-11-18(12-14-19)21(25)17-9-4-3-5-10-17/h3-14H,1-2H3,(H2,23,24,26). The first-order valence-corrected chi connectivity index (χ1v) is 8.38. The first-order chi connectivity index (χ1) is 12.5. The van der Waals surface area contributed by atoms with E-state index in [1.54, 1.807) is 36.4 Å². The maximum absolute atomic E-state index is 12.4. The molecule has 3 rings (SSSR count). The Balaban J connectivity index is 1.68. The van der Waals surface area contributed by atoms with Gasteiger partial charge in [-0.25, -0.2) is 4.79 Å². The van der Waals surface area contributed by atoms with E-state index < -0.39 is 0 Å². The maximum atomic E-state index is 12.4. The molecule has 3 aromatic rings. The van der Waals surface area contributed by atoms with Gasteiger partial charge in [0.2, 0.25) is 0 Å². The molecule has 0 unspecified atom stereocenters. The SMILES string of the molecule is Cc1cccc(C)c1NC(=O)Nc1ccc(C(=O)c2ccccc2)cc1. The molecule has 0 aliphatic heterocycles. The Labute approximate surface area is 152 Å². The summed E-state index contributed by atoms with van der Waals surface area (Å²) in [6.07, 6.45) is 0. The highest BCUT2D eigenvalue weighted by atomic mass is 16.2. The molecule has 3 aromatic carbocycles. The van der Waals surface area contributed by atoms with Gasteiger partial charge in [0, 0.05) is 22.5 Å². The number of urea groups is 1. The van der Waals surface area contributed by atoms with Crippen molar-refractivity contribution in [1.29, 1.82) is 0 Å². The van der Waals surface area contributed by atoms with E-state index in [1.165, 1.54) is 0 Å². The van der Waals surface area contributed by atoms with Crippen molar-refractivity contribution in [2.75, 3.05) is 10.6 Å². The predicted octanol–water partition coefficient (Wildman–Crippen LogP) is 5.18. The lowest BCUT2D eigenvalue weighted by Gasteiger charge is -2.12. The Hall–Kier alpha value is -3.40. The molecule has 0 fully saturated rings. The number of carbonyl (C=O) groups is 2. The molecule has 0 aromatic heterocycles. The van der Waals surface area contributed by atoms with Crippen molar-refractivity contribution in [3.8, 4) is 0 Å². The van der Waals surface area contributed by atoms with Crippen molar-refractivity contribution < 1.29 is 9.59 Å². The average molecular weight is 344 g/mol. The highest BCUT2D eigenvalue weighted by Crippen LogP contribution is 2.20. The molecule has 0 bridgehead atoms. The van der Waals surface area contributed by atoms with E-state index in [-0.39, 0.29) is 11.8 Å². The zero-order chi connectivity index (χ0) is 18.5. The van der Waals surface area contributed by atoms with E-state index in [1.807, 2.05) is 50.2 Å². The average Bonchev–Trinajstić information content (AvgIpc) is 2.66. The second-order valence-corrected chi connectivity index (χ2v) is 6.12. The smallest absolute Gasteiger partial charge is 0.308 e. The van der Waals surface area contributed by atoms with Gasteiger partial charge in [-0.2, -0.15) is 0 Å². The molecule has 0 atom stereocenters. The molecule has 26 heavy (non-hydrogen) atoms. The zero-order valence-electron chi connectivity index (χ0n) is 14.7. The summed E-state index contributed by atoms with van der Waals surface area (Å²) in [5.41, 5.74) is 4.66. The first kappa shape index (κ1) is 17.4. The lowest BCUT2D eigenvalue weighted by molar-refractivity contribution is 0.103. The normalized spacial score (nSPS) is 10.2. The van der Waals surface area contributed by atoms with Crippen LogP contribution in [0.5, 0.6) is 0 Å². The Morgan fingerprint density at radius 2 is 1.23 bits per heavy atom. The van der Waals surface area contributed by atoms with Gasteiger partial charge in [-0.15, -0.1) is 0 Å². The van der Waals surface area contributed by atoms with Crippen LogP contribution in [0.25, 0.3) is 0 Å². The van der Waals surface area contributed by atoms with Gasteiger partial charge in [0.1, 0.15) is 0 Å². The number of nitrogens with one attached hydrogen (secondary N) is 2. The fourth-order valence-electron chi connectivity index (χ4n) is 2.75. The van der Waals surface area contributed by atoms with Crippen molar-refractivity contribution in [2.45, 2.75) is 13.8 Å². The van der Waals surface area contributed by atoms with Crippen LogP contribution >= 0.6 is 0 Å². The largest absolute Gasteiger partial charge is 0.323 e. The quantitative estimate of drug-likeness (QED) is 0.641. The summed E-state index contributed by atoms with van der Waals surface area (Å²) in [6, 6.07) is 21.5. The molecule has 0 saturated carbocycles. The van der Waals surface area contributed by atoms with Crippen molar-refractivity contribution in [2.24, 2.45) is 0 Å². The number of anilines is 2. The van der Waals surface area contributed by atoms with Gasteiger partial charge in [-0.3, -0.25) is 4.79 Å². The molecule has 2 amide bonds. The third-order valence-electron chi connectivity index (χ3n) is 4.16. The van der Waals surface area contributed by atoms with Crippen molar-refractivity contribution in [1.82, 2.24) is 0 Å². The van der Waals surface area contributed by atoms with E-state index in [9.17, 15) is 9.59 Å². The summed E-state index contributed by atoms with van der Waals surface area (Å²) in [6.45, 7) is 3.90. The highest BCUT2D eigenvalue weighted by molar-refractivity contribution is 6.09. The minimum atomic E-state index is -0.315. The number of rotatable bonds is 4. The molecule has 0 heterocycles. The van der Waals surface area contributed by atoms with E-state index in [0.717, 1.165) is 16.8 Å². The van der Waals surface area contributed by atoms with Crippen LogP contribution in [0.2, 0.25) is 0 Å². The molecule has 0 radical (unpaired) electrons. The lowest BCUT2D eigenvalue weighted by atomic mass is 10.0. The van der Waals surface area contributed by atoms with Gasteiger partial charge >= 0.3 is 6.03 Å². The zero-order valence-corrected chi connectivity index (χ0v) is 14.7. The minimum Gasteiger partial charge on any atom is -0.308 e. The van der Waals surface area contributed by atoms with Crippen LogP contribution < -0.4 is 10.6 Å². The Morgan fingerprint density at radius 1 is 0.654 bits per heavy atom. The van der Waals surface area contributed by atoms with Gasteiger partial charge in [0.25, 0.3) is 0 Å². The number of aryl methyl sites for hydroxylation is 2. The van der Waals surface area contributed by atoms with Crippen LogP contribution in [-0.4, -0.2) is 11.8 Å². The van der Waals surface area contributed by atoms with Crippen molar-refractivity contribution >= 4 is 23.2 Å². The number of hydrogen-bond donors (Lipinski definition) is 2. The molecule has 0 saturated heterocycles. The summed E-state index contributed by atoms with van der Waals surface area (Å²) in [4.78, 5) is 24.6. The van der Waals surface area contributed by atoms with E-state index in [4.69, 9.17) is 0 Å². The third kappa shape index (κ3) is 3.98. The minimum absolute atomic E-state index is 0.0443. The van der Waals surface area contributed by atoms with Crippen molar-refractivity contribution in [3.05, 3.63) is 95.1 Å². The van der Waals surface area contributed by atoms with E-state index >= 15 is 0 Å². The number of amides is 2. The molecule has 2 N–H and O–H groups in total. The van der Waals surface area contributed by atoms with Crippen LogP contribution in [0.3, 0.4) is 0 Å². The van der Waals surface area contributed by atoms with Crippen LogP contribution in [0.1, 0.15) is 27.0 Å². The predicted molar refractivity (Wildman–Crippen MR) is 105 cm³/mol. The molecule has 0 aliphatic carbocycles. The molecular formula is C22H20N2O2. The molecule has 4 heteroatoms. The molecule has 0 aliphatic rings. The number of benzene rings is 3. The Morgan fingerprint density at radius 3 is 1.85 bits per heavy atom. The monoisotopic (exact) mass is 344 g/mol. The fraction of sp³-hybridized carbons (Fsp3) is 0.0909. The lowest BCUT2D eigenvalue weighted by Crippen LogP contribution is -2.20. The van der Waals surface area contributed by atoms with Crippen LogP contribution in [-0.2, 0) is 0 Å². The second-order valence-electron chi connectivity index (χ2n) is 6.12. The highest BCUT2D eigenvalue weighted by Gasteiger charge is 2.10. The summed E-state index contributed by atoms with van der Waals surface area (Å²) in [5.74, 6) is -0.0443.